The molecule has 1 aromatic carbocycles. The van der Waals surface area contributed by atoms with E-state index in [0.29, 0.717) is 5.75 Å². The topological polar surface area (TPSA) is 68.0 Å². The van der Waals surface area contributed by atoms with Crippen LogP contribution in [-0.4, -0.2) is 22.7 Å². The summed E-state index contributed by atoms with van der Waals surface area (Å²) in [6.45, 7) is 3.89. The quantitative estimate of drug-likeness (QED) is 0.667. The van der Waals surface area contributed by atoms with Gasteiger partial charge in [-0.15, -0.1) is 11.3 Å². The van der Waals surface area contributed by atoms with Crippen LogP contribution in [-0.2, 0) is 4.79 Å². The highest BCUT2D eigenvalue weighted by Crippen LogP contribution is 2.30. The van der Waals surface area contributed by atoms with Gasteiger partial charge in [-0.05, 0) is 32.0 Å². The van der Waals surface area contributed by atoms with Gasteiger partial charge in [0.15, 0.2) is 4.34 Å². The summed E-state index contributed by atoms with van der Waals surface area (Å²) in [7, 11) is 0. The number of thioether (sulfide) groups is 1. The maximum atomic E-state index is 11.5. The highest BCUT2D eigenvalue weighted by molar-refractivity contribution is 8.01. The second-order valence-electron chi connectivity index (χ2n) is 4.22. The first kappa shape index (κ1) is 13.2. The number of nitrogens with zero attached hydrogens (tertiary/aromatic N) is 1. The lowest BCUT2D eigenvalue weighted by Gasteiger charge is -2.06. The molecule has 3 N–H and O–H groups in total. The second-order valence-corrected chi connectivity index (χ2v) is 6.47. The number of amides is 1. The van der Waals surface area contributed by atoms with Crippen LogP contribution < -0.4 is 11.1 Å². The lowest BCUT2D eigenvalue weighted by molar-refractivity contribution is -0.119. The van der Waals surface area contributed by atoms with Gasteiger partial charge in [0.05, 0.1) is 16.0 Å². The van der Waals surface area contributed by atoms with Crippen molar-refractivity contribution in [3.63, 3.8) is 0 Å². The molecule has 6 heteroatoms. The summed E-state index contributed by atoms with van der Waals surface area (Å²) >= 11 is 3.02. The molecule has 2 rings (SSSR count). The van der Waals surface area contributed by atoms with Crippen molar-refractivity contribution in [3.8, 4) is 0 Å². The summed E-state index contributed by atoms with van der Waals surface area (Å²) in [5, 5.41) is 2.85. The van der Waals surface area contributed by atoms with Gasteiger partial charge in [0.1, 0.15) is 0 Å². The normalized spacial score (nSPS) is 11.1. The third kappa shape index (κ3) is 3.36. The number of hydrogen-bond donors (Lipinski definition) is 2. The molecule has 0 spiro atoms. The van der Waals surface area contributed by atoms with Crippen molar-refractivity contribution in [1.29, 1.82) is 0 Å². The standard InChI is InChI=1S/C12H15N3OS2/c1-7(2)14-11(16)6-17-12-15-9-4-3-8(13)5-10(9)18-12/h3-5,7H,6,13H2,1-2H3,(H,14,16). The molecule has 0 radical (unpaired) electrons. The minimum absolute atomic E-state index is 0.0359. The molecule has 1 amide bonds. The predicted molar refractivity (Wildman–Crippen MR) is 78.0 cm³/mol. The van der Waals surface area contributed by atoms with E-state index in [0.717, 1.165) is 20.2 Å². The fourth-order valence-corrected chi connectivity index (χ4v) is 3.40. The minimum Gasteiger partial charge on any atom is -0.399 e. The number of nitrogens with one attached hydrogen (secondary N) is 1. The Morgan fingerprint density at radius 3 is 3.06 bits per heavy atom. The first-order valence-corrected chi connectivity index (χ1v) is 7.43. The van der Waals surface area contributed by atoms with Gasteiger partial charge >= 0.3 is 0 Å². The molecule has 1 heterocycles. The summed E-state index contributed by atoms with van der Waals surface area (Å²) in [4.78, 5) is 16.0. The van der Waals surface area contributed by atoms with Crippen LogP contribution >= 0.6 is 23.1 Å². The maximum absolute atomic E-state index is 11.5. The van der Waals surface area contributed by atoms with Gasteiger partial charge in [-0.3, -0.25) is 4.79 Å². The molecule has 0 aliphatic rings. The fraction of sp³-hybridized carbons (Fsp3) is 0.333. The molecule has 0 bridgehead atoms. The van der Waals surface area contributed by atoms with Crippen LogP contribution in [0.25, 0.3) is 10.2 Å². The van der Waals surface area contributed by atoms with Crippen molar-refractivity contribution in [2.75, 3.05) is 11.5 Å². The van der Waals surface area contributed by atoms with Crippen LogP contribution in [0.5, 0.6) is 0 Å². The molecule has 4 nitrogen and oxygen atoms in total. The first-order valence-electron chi connectivity index (χ1n) is 5.63. The number of nitrogen functional groups attached to an aromatic ring is 1. The van der Waals surface area contributed by atoms with Crippen molar-refractivity contribution >= 4 is 44.9 Å². The molecule has 0 saturated heterocycles. The fourth-order valence-electron chi connectivity index (χ4n) is 1.47. The zero-order valence-electron chi connectivity index (χ0n) is 10.3. The summed E-state index contributed by atoms with van der Waals surface area (Å²) in [5.74, 6) is 0.432. The number of benzene rings is 1. The zero-order chi connectivity index (χ0) is 13.1. The molecule has 0 unspecified atom stereocenters. The molecule has 2 aromatic rings. The Kier molecular flexibility index (Phi) is 4.08. The van der Waals surface area contributed by atoms with E-state index in [1.165, 1.54) is 11.8 Å². The summed E-state index contributed by atoms with van der Waals surface area (Å²) in [5.41, 5.74) is 7.39. The van der Waals surface area contributed by atoms with Crippen LogP contribution in [0.1, 0.15) is 13.8 Å². The largest absolute Gasteiger partial charge is 0.399 e. The third-order valence-corrected chi connectivity index (χ3v) is 4.33. The Labute approximate surface area is 114 Å². The number of carbonyl (C=O) groups excluding carboxylic acids is 1. The molecule has 0 aliphatic carbocycles. The van der Waals surface area contributed by atoms with Crippen molar-refractivity contribution in [1.82, 2.24) is 10.3 Å². The first-order chi connectivity index (χ1) is 8.54. The highest BCUT2D eigenvalue weighted by atomic mass is 32.2. The van der Waals surface area contributed by atoms with Gasteiger partial charge in [-0.2, -0.15) is 0 Å². The van der Waals surface area contributed by atoms with E-state index in [1.807, 2.05) is 32.0 Å². The molecule has 0 atom stereocenters. The Bertz CT molecular complexity index is 565. The van der Waals surface area contributed by atoms with E-state index in [2.05, 4.69) is 10.3 Å². The molecular weight excluding hydrogens is 266 g/mol. The number of aromatic nitrogens is 1. The third-order valence-electron chi connectivity index (χ3n) is 2.17. The molecule has 0 saturated carbocycles. The Hall–Kier alpha value is -1.27. The maximum Gasteiger partial charge on any atom is 0.230 e. The Morgan fingerprint density at radius 2 is 2.33 bits per heavy atom. The van der Waals surface area contributed by atoms with E-state index in [4.69, 9.17) is 5.73 Å². The van der Waals surface area contributed by atoms with E-state index in [-0.39, 0.29) is 11.9 Å². The summed E-state index contributed by atoms with van der Waals surface area (Å²) < 4.78 is 1.95. The molecule has 18 heavy (non-hydrogen) atoms. The molecule has 0 fully saturated rings. The van der Waals surface area contributed by atoms with Crippen LogP contribution in [0.2, 0.25) is 0 Å². The average Bonchev–Trinajstić information content (AvgIpc) is 2.67. The number of hydrogen-bond acceptors (Lipinski definition) is 5. The number of anilines is 1. The van der Waals surface area contributed by atoms with Gasteiger partial charge in [-0.25, -0.2) is 4.98 Å². The Morgan fingerprint density at radius 1 is 1.56 bits per heavy atom. The van der Waals surface area contributed by atoms with Crippen LogP contribution in [0.15, 0.2) is 22.5 Å². The Balaban J connectivity index is 2.02. The molecule has 1 aromatic heterocycles. The number of thiazole rings is 1. The van der Waals surface area contributed by atoms with Gasteiger partial charge < -0.3 is 11.1 Å². The zero-order valence-corrected chi connectivity index (χ0v) is 11.9. The van der Waals surface area contributed by atoms with Crippen molar-refractivity contribution in [3.05, 3.63) is 18.2 Å². The average molecular weight is 281 g/mol. The van der Waals surface area contributed by atoms with Crippen molar-refractivity contribution in [2.24, 2.45) is 0 Å². The van der Waals surface area contributed by atoms with E-state index in [9.17, 15) is 4.79 Å². The minimum atomic E-state index is 0.0359. The predicted octanol–water partition coefficient (Wildman–Crippen LogP) is 2.50. The smallest absolute Gasteiger partial charge is 0.230 e. The summed E-state index contributed by atoms with van der Waals surface area (Å²) in [6.07, 6.45) is 0. The van der Waals surface area contributed by atoms with Crippen LogP contribution in [0.3, 0.4) is 0 Å². The van der Waals surface area contributed by atoms with E-state index < -0.39 is 0 Å². The van der Waals surface area contributed by atoms with Gasteiger partial charge in [0.25, 0.3) is 0 Å². The summed E-state index contributed by atoms with van der Waals surface area (Å²) in [6, 6.07) is 5.82. The van der Waals surface area contributed by atoms with Crippen molar-refractivity contribution < 1.29 is 4.79 Å². The molecule has 96 valence electrons. The second kappa shape index (κ2) is 5.58. The van der Waals surface area contributed by atoms with Gasteiger partial charge in [0, 0.05) is 11.7 Å². The van der Waals surface area contributed by atoms with E-state index >= 15 is 0 Å². The van der Waals surface area contributed by atoms with Gasteiger partial charge in [-0.1, -0.05) is 11.8 Å². The highest BCUT2D eigenvalue weighted by Gasteiger charge is 2.08. The number of carbonyl (C=O) groups is 1. The van der Waals surface area contributed by atoms with Crippen molar-refractivity contribution in [2.45, 2.75) is 24.2 Å². The van der Waals surface area contributed by atoms with Crippen LogP contribution in [0, 0.1) is 0 Å². The molecule has 0 aliphatic heterocycles. The SMILES string of the molecule is CC(C)NC(=O)CSc1nc2ccc(N)cc2s1. The van der Waals surface area contributed by atoms with Gasteiger partial charge in [0.2, 0.25) is 5.91 Å². The molecular formula is C12H15N3OS2. The monoisotopic (exact) mass is 281 g/mol. The number of nitrogens with two attached hydrogens (primary N) is 1. The lowest BCUT2D eigenvalue weighted by atomic mass is 10.3. The van der Waals surface area contributed by atoms with Crippen LogP contribution in [0.4, 0.5) is 5.69 Å². The lowest BCUT2D eigenvalue weighted by Crippen LogP contribution is -2.31. The van der Waals surface area contributed by atoms with E-state index in [1.54, 1.807) is 11.3 Å². The number of rotatable bonds is 4. The number of fused-ring (bicyclic) bond motifs is 1.